The fraction of sp³-hybridized carbons (Fsp3) is 0.0588. The van der Waals surface area contributed by atoms with E-state index in [2.05, 4.69) is 9.98 Å². The Bertz CT molecular complexity index is 862. The van der Waals surface area contributed by atoms with Crippen LogP contribution in [-0.4, -0.2) is 39.1 Å². The van der Waals surface area contributed by atoms with E-state index in [0.717, 1.165) is 0 Å². The third kappa shape index (κ3) is 3.36. The largest absolute Gasteiger partial charge is 0.478 e. The molecule has 1 N–H and O–H groups in total. The summed E-state index contributed by atoms with van der Waals surface area (Å²) in [5.74, 6) is -1.19. The van der Waals surface area contributed by atoms with Crippen LogP contribution >= 0.6 is 11.8 Å². The van der Waals surface area contributed by atoms with E-state index in [4.69, 9.17) is 5.11 Å². The van der Waals surface area contributed by atoms with Crippen LogP contribution < -0.4 is 0 Å². The molecule has 7 heteroatoms. The first-order chi connectivity index (χ1) is 11.5. The van der Waals surface area contributed by atoms with Crippen molar-refractivity contribution in [2.24, 2.45) is 4.99 Å². The second-order valence-corrected chi connectivity index (χ2v) is 5.99. The Kier molecular flexibility index (Phi) is 4.43. The van der Waals surface area contributed by atoms with E-state index in [0.29, 0.717) is 21.5 Å². The molecule has 0 spiro atoms. The average Bonchev–Trinajstić information content (AvgIpc) is 2.84. The second-order valence-electron chi connectivity index (χ2n) is 4.98. The Hall–Kier alpha value is -2.93. The zero-order valence-electron chi connectivity index (χ0n) is 12.7. The number of amidine groups is 1. The first-order valence-electron chi connectivity index (χ1n) is 7.05. The fourth-order valence-corrected chi connectivity index (χ4v) is 3.04. The van der Waals surface area contributed by atoms with Crippen molar-refractivity contribution >= 4 is 40.6 Å². The zero-order valence-corrected chi connectivity index (χ0v) is 13.5. The summed E-state index contributed by atoms with van der Waals surface area (Å²) in [4.78, 5) is 33.9. The number of aromatic carboxylic acids is 1. The zero-order chi connectivity index (χ0) is 17.1. The summed E-state index contributed by atoms with van der Waals surface area (Å²) in [7, 11) is 1.63. The molecule has 0 bridgehead atoms. The third-order valence-corrected chi connectivity index (χ3v) is 4.35. The highest BCUT2D eigenvalue weighted by Gasteiger charge is 2.30. The molecule has 6 nitrogen and oxygen atoms in total. The maximum Gasteiger partial charge on any atom is 0.335 e. The van der Waals surface area contributed by atoms with Crippen molar-refractivity contribution in [1.29, 1.82) is 0 Å². The van der Waals surface area contributed by atoms with E-state index in [1.165, 1.54) is 28.8 Å². The standard InChI is InChI=1S/C17H13N3O3S/c1-20-15(21)14(10-12-6-2-3-8-18-12)24-17(20)19-13-7-4-5-11(9-13)16(22)23/h2-10H,1H3,(H,22,23)/b14-10-,19-17?. The van der Waals surface area contributed by atoms with Crippen molar-refractivity contribution in [3.05, 3.63) is 64.8 Å². The van der Waals surface area contributed by atoms with Crippen molar-refractivity contribution in [2.75, 3.05) is 7.05 Å². The normalized spacial score (nSPS) is 17.7. The van der Waals surface area contributed by atoms with Gasteiger partial charge in [0.2, 0.25) is 0 Å². The lowest BCUT2D eigenvalue weighted by molar-refractivity contribution is -0.121. The van der Waals surface area contributed by atoms with E-state index in [1.807, 2.05) is 12.1 Å². The number of carboxylic acid groups (broad SMARTS) is 1. The Labute approximate surface area is 142 Å². The van der Waals surface area contributed by atoms with E-state index >= 15 is 0 Å². The van der Waals surface area contributed by atoms with Gasteiger partial charge in [0, 0.05) is 13.2 Å². The van der Waals surface area contributed by atoms with Gasteiger partial charge < -0.3 is 5.11 Å². The highest BCUT2D eigenvalue weighted by Crippen LogP contribution is 2.32. The van der Waals surface area contributed by atoms with Crippen LogP contribution in [0.5, 0.6) is 0 Å². The molecule has 1 aromatic heterocycles. The summed E-state index contributed by atoms with van der Waals surface area (Å²) in [6.07, 6.45) is 3.37. The number of rotatable bonds is 3. The molecule has 1 amide bonds. The summed E-state index contributed by atoms with van der Waals surface area (Å²) < 4.78 is 0. The monoisotopic (exact) mass is 339 g/mol. The number of carboxylic acids is 1. The van der Waals surface area contributed by atoms with Gasteiger partial charge in [-0.3, -0.25) is 14.7 Å². The molecule has 1 aliphatic rings. The van der Waals surface area contributed by atoms with Crippen molar-refractivity contribution in [1.82, 2.24) is 9.88 Å². The van der Waals surface area contributed by atoms with Gasteiger partial charge >= 0.3 is 5.97 Å². The van der Waals surface area contributed by atoms with Gasteiger partial charge in [-0.2, -0.15) is 0 Å². The van der Waals surface area contributed by atoms with Crippen molar-refractivity contribution in [3.8, 4) is 0 Å². The molecule has 24 heavy (non-hydrogen) atoms. The van der Waals surface area contributed by atoms with Crippen LogP contribution in [0.25, 0.3) is 6.08 Å². The number of likely N-dealkylation sites (N-methyl/N-ethyl adjacent to an activating group) is 1. The number of thioether (sulfide) groups is 1. The summed E-state index contributed by atoms with van der Waals surface area (Å²) >= 11 is 1.23. The first kappa shape index (κ1) is 15.9. The molecule has 0 atom stereocenters. The van der Waals surface area contributed by atoms with Crippen LogP contribution in [0.2, 0.25) is 0 Å². The lowest BCUT2D eigenvalue weighted by Crippen LogP contribution is -2.23. The number of amides is 1. The van der Waals surface area contributed by atoms with Crippen molar-refractivity contribution < 1.29 is 14.7 Å². The number of aliphatic imine (C=N–C) groups is 1. The summed E-state index contributed by atoms with van der Waals surface area (Å²) in [5, 5.41) is 9.53. The van der Waals surface area contributed by atoms with Crippen LogP contribution in [0, 0.1) is 0 Å². The smallest absolute Gasteiger partial charge is 0.335 e. The van der Waals surface area contributed by atoms with Gasteiger partial charge in [0.25, 0.3) is 5.91 Å². The Morgan fingerprint density at radius 1 is 1.29 bits per heavy atom. The number of hydrogen-bond acceptors (Lipinski definition) is 5. The van der Waals surface area contributed by atoms with E-state index in [9.17, 15) is 9.59 Å². The molecular weight excluding hydrogens is 326 g/mol. The van der Waals surface area contributed by atoms with Gasteiger partial charge in [-0.05, 0) is 48.2 Å². The molecule has 0 aliphatic carbocycles. The molecule has 0 radical (unpaired) electrons. The fourth-order valence-electron chi connectivity index (χ4n) is 2.07. The second kappa shape index (κ2) is 6.67. The number of nitrogens with zero attached hydrogens (tertiary/aromatic N) is 3. The van der Waals surface area contributed by atoms with Gasteiger partial charge in [0.05, 0.1) is 21.8 Å². The van der Waals surface area contributed by atoms with Crippen LogP contribution in [0.1, 0.15) is 16.1 Å². The highest BCUT2D eigenvalue weighted by molar-refractivity contribution is 8.18. The van der Waals surface area contributed by atoms with Gasteiger partial charge in [-0.25, -0.2) is 9.79 Å². The van der Waals surface area contributed by atoms with Crippen LogP contribution in [0.4, 0.5) is 5.69 Å². The van der Waals surface area contributed by atoms with Crippen LogP contribution in [-0.2, 0) is 4.79 Å². The number of hydrogen-bond donors (Lipinski definition) is 1. The first-order valence-corrected chi connectivity index (χ1v) is 7.87. The quantitative estimate of drug-likeness (QED) is 0.869. The predicted molar refractivity (Wildman–Crippen MR) is 93.1 cm³/mol. The van der Waals surface area contributed by atoms with Crippen molar-refractivity contribution in [2.45, 2.75) is 0 Å². The lowest BCUT2D eigenvalue weighted by atomic mass is 10.2. The highest BCUT2D eigenvalue weighted by atomic mass is 32.2. The molecule has 0 unspecified atom stereocenters. The third-order valence-electron chi connectivity index (χ3n) is 3.29. The van der Waals surface area contributed by atoms with E-state index < -0.39 is 5.97 Å². The molecule has 0 saturated carbocycles. The summed E-state index contributed by atoms with van der Waals surface area (Å²) in [6, 6.07) is 11.7. The molecule has 1 fully saturated rings. The van der Waals surface area contributed by atoms with Gasteiger partial charge in [-0.1, -0.05) is 12.1 Å². The molecule has 1 aromatic carbocycles. The topological polar surface area (TPSA) is 82.9 Å². The van der Waals surface area contributed by atoms with Gasteiger partial charge in [0.15, 0.2) is 5.17 Å². The molecule has 2 aromatic rings. The van der Waals surface area contributed by atoms with Gasteiger partial charge in [0.1, 0.15) is 0 Å². The van der Waals surface area contributed by atoms with Crippen LogP contribution in [0.3, 0.4) is 0 Å². The number of benzene rings is 1. The number of aromatic nitrogens is 1. The Morgan fingerprint density at radius 3 is 2.83 bits per heavy atom. The van der Waals surface area contributed by atoms with E-state index in [1.54, 1.807) is 37.5 Å². The Morgan fingerprint density at radius 2 is 2.12 bits per heavy atom. The maximum absolute atomic E-state index is 12.3. The lowest BCUT2D eigenvalue weighted by Gasteiger charge is -2.07. The average molecular weight is 339 g/mol. The number of carbonyl (C=O) groups is 2. The molecule has 3 rings (SSSR count). The SMILES string of the molecule is CN1C(=O)/C(=C/c2ccccn2)SC1=Nc1cccc(C(=O)O)c1. The predicted octanol–water partition coefficient (Wildman–Crippen LogP) is 3.01. The molecule has 120 valence electrons. The minimum atomic E-state index is -1.02. The minimum Gasteiger partial charge on any atom is -0.478 e. The summed E-state index contributed by atoms with van der Waals surface area (Å²) in [6.45, 7) is 0. The number of pyridine rings is 1. The minimum absolute atomic E-state index is 0.151. The Balaban J connectivity index is 1.90. The summed E-state index contributed by atoms with van der Waals surface area (Å²) in [5.41, 5.74) is 1.32. The number of carbonyl (C=O) groups excluding carboxylic acids is 1. The van der Waals surface area contributed by atoms with Gasteiger partial charge in [-0.15, -0.1) is 0 Å². The molecule has 2 heterocycles. The maximum atomic E-state index is 12.3. The van der Waals surface area contributed by atoms with Crippen molar-refractivity contribution in [3.63, 3.8) is 0 Å². The molecule has 1 aliphatic heterocycles. The van der Waals surface area contributed by atoms with Crippen LogP contribution in [0.15, 0.2) is 58.6 Å². The molecular formula is C17H13N3O3S. The van der Waals surface area contributed by atoms with E-state index in [-0.39, 0.29) is 11.5 Å². The molecule has 1 saturated heterocycles.